The van der Waals surface area contributed by atoms with Crippen molar-refractivity contribution in [3.05, 3.63) is 70.7 Å². The van der Waals surface area contributed by atoms with Gasteiger partial charge in [0.2, 0.25) is 0 Å². The Bertz CT molecular complexity index is 992. The molecule has 3 aromatic rings. The van der Waals surface area contributed by atoms with Gasteiger partial charge >= 0.3 is 0 Å². The number of aryl methyl sites for hydroxylation is 1. The molecule has 0 fully saturated rings. The molecular formula is C19H18N3O4S2-. The number of nitrogens with zero attached hydrogens (tertiary/aromatic N) is 2. The number of nitrogens with one attached hydrogen (secondary N) is 1. The molecule has 7 nitrogen and oxygen atoms in total. The van der Waals surface area contributed by atoms with E-state index in [1.165, 1.54) is 11.3 Å². The lowest BCUT2D eigenvalue weighted by Gasteiger charge is -2.22. The first kappa shape index (κ1) is 20.0. The molecule has 0 bridgehead atoms. The summed E-state index contributed by atoms with van der Waals surface area (Å²) in [6.45, 7) is 2.25. The number of carbonyl (C=O) groups excluding carboxylic acids is 1. The number of carbonyl (C=O) groups is 1. The number of hydrogen-bond donors (Lipinski definition) is 2. The van der Waals surface area contributed by atoms with Gasteiger partial charge in [-0.05, 0) is 35.7 Å². The Morgan fingerprint density at radius 2 is 2.00 bits per heavy atom. The van der Waals surface area contributed by atoms with Gasteiger partial charge < -0.3 is 19.9 Å². The smallest absolute Gasteiger partial charge is 0.271 e. The van der Waals surface area contributed by atoms with Crippen LogP contribution in [0.15, 0.2) is 54.6 Å². The summed E-state index contributed by atoms with van der Waals surface area (Å²) in [5.41, 5.74) is 1.94. The van der Waals surface area contributed by atoms with Gasteiger partial charge in [-0.1, -0.05) is 36.4 Å². The number of hydrogen-bond acceptors (Lipinski definition) is 7. The summed E-state index contributed by atoms with van der Waals surface area (Å²) in [7, 11) is 0. The number of thiazole rings is 1. The molecule has 1 unspecified atom stereocenters. The predicted molar refractivity (Wildman–Crippen MR) is 108 cm³/mol. The zero-order valence-corrected chi connectivity index (χ0v) is 16.6. The van der Waals surface area contributed by atoms with Gasteiger partial charge in [0.05, 0.1) is 12.4 Å². The Hall–Kier alpha value is -2.75. The van der Waals surface area contributed by atoms with Crippen LogP contribution in [-0.4, -0.2) is 30.6 Å². The summed E-state index contributed by atoms with van der Waals surface area (Å²) in [6.07, 6.45) is 0. The zero-order chi connectivity index (χ0) is 20.1. The van der Waals surface area contributed by atoms with Crippen molar-refractivity contribution in [2.24, 2.45) is 0 Å². The number of aromatic nitrogens is 1. The lowest BCUT2D eigenvalue weighted by molar-refractivity contribution is 0.0955. The monoisotopic (exact) mass is 416 g/mol. The van der Waals surface area contributed by atoms with Gasteiger partial charge in [0.25, 0.3) is 5.91 Å². The minimum absolute atomic E-state index is 0.125. The molecule has 0 aliphatic rings. The SMILES string of the molecule is Cc1sc(N(Cc2ccccc2)c2cccc(O)c2)nc1C(=O)NCS(=O)[O-]. The maximum Gasteiger partial charge on any atom is 0.271 e. The molecule has 1 atom stereocenters. The van der Waals surface area contributed by atoms with E-state index in [0.717, 1.165) is 11.3 Å². The zero-order valence-electron chi connectivity index (χ0n) is 15.0. The first-order valence-corrected chi connectivity index (χ1v) is 10.4. The first-order chi connectivity index (χ1) is 13.4. The van der Waals surface area contributed by atoms with Crippen molar-refractivity contribution in [3.8, 4) is 5.75 Å². The fraction of sp³-hybridized carbons (Fsp3) is 0.158. The lowest BCUT2D eigenvalue weighted by atomic mass is 10.2. The Balaban J connectivity index is 1.95. The van der Waals surface area contributed by atoms with E-state index in [9.17, 15) is 18.7 Å². The summed E-state index contributed by atoms with van der Waals surface area (Å²) < 4.78 is 21.4. The van der Waals surface area contributed by atoms with Crippen LogP contribution >= 0.6 is 11.3 Å². The number of phenolic OH excluding ortho intramolecular Hbond substituents is 1. The van der Waals surface area contributed by atoms with Crippen molar-refractivity contribution in [2.45, 2.75) is 13.5 Å². The summed E-state index contributed by atoms with van der Waals surface area (Å²) in [5.74, 6) is -0.884. The quantitative estimate of drug-likeness (QED) is 0.574. The van der Waals surface area contributed by atoms with Crippen molar-refractivity contribution in [2.75, 3.05) is 10.8 Å². The normalized spacial score (nSPS) is 11.8. The van der Waals surface area contributed by atoms with Crippen LogP contribution in [0.4, 0.5) is 10.8 Å². The van der Waals surface area contributed by atoms with E-state index < -0.39 is 22.9 Å². The molecular weight excluding hydrogens is 398 g/mol. The third-order valence-electron chi connectivity index (χ3n) is 3.91. The molecule has 1 amide bonds. The molecule has 146 valence electrons. The molecule has 9 heteroatoms. The highest BCUT2D eigenvalue weighted by Crippen LogP contribution is 2.34. The van der Waals surface area contributed by atoms with Crippen molar-refractivity contribution in [3.63, 3.8) is 0 Å². The number of rotatable bonds is 7. The van der Waals surface area contributed by atoms with Crippen LogP contribution < -0.4 is 10.2 Å². The van der Waals surface area contributed by atoms with Gasteiger partial charge in [-0.15, -0.1) is 11.3 Å². The molecule has 0 saturated carbocycles. The van der Waals surface area contributed by atoms with E-state index in [-0.39, 0.29) is 11.4 Å². The molecule has 0 spiro atoms. The largest absolute Gasteiger partial charge is 0.771 e. The fourth-order valence-corrected chi connectivity index (χ4v) is 3.79. The average molecular weight is 417 g/mol. The van der Waals surface area contributed by atoms with Gasteiger partial charge in [0.1, 0.15) is 11.4 Å². The van der Waals surface area contributed by atoms with E-state index in [2.05, 4.69) is 10.3 Å². The van der Waals surface area contributed by atoms with E-state index in [0.29, 0.717) is 16.6 Å². The highest BCUT2D eigenvalue weighted by Gasteiger charge is 2.20. The number of anilines is 2. The molecule has 2 N–H and O–H groups in total. The second-order valence-corrected chi connectivity index (χ2v) is 8.02. The maximum absolute atomic E-state index is 12.3. The number of aromatic hydroxyl groups is 1. The second kappa shape index (κ2) is 8.96. The van der Waals surface area contributed by atoms with Gasteiger partial charge in [-0.3, -0.25) is 9.00 Å². The summed E-state index contributed by atoms with van der Waals surface area (Å²) >= 11 is -1.05. The van der Waals surface area contributed by atoms with Crippen LogP contribution in [0.5, 0.6) is 5.75 Å². The third kappa shape index (κ3) is 4.94. The minimum atomic E-state index is -2.37. The van der Waals surface area contributed by atoms with Crippen molar-refractivity contribution in [1.82, 2.24) is 10.3 Å². The molecule has 0 radical (unpaired) electrons. The lowest BCUT2D eigenvalue weighted by Crippen LogP contribution is -2.27. The molecule has 0 saturated heterocycles. The Morgan fingerprint density at radius 3 is 2.68 bits per heavy atom. The molecule has 0 aliphatic carbocycles. The summed E-state index contributed by atoms with van der Waals surface area (Å²) in [4.78, 5) is 19.3. The van der Waals surface area contributed by atoms with Crippen LogP contribution in [0.3, 0.4) is 0 Å². The highest BCUT2D eigenvalue weighted by atomic mass is 32.2. The summed E-state index contributed by atoms with van der Waals surface area (Å²) in [5, 5.41) is 12.8. The summed E-state index contributed by atoms with van der Waals surface area (Å²) in [6, 6.07) is 16.5. The fourth-order valence-electron chi connectivity index (χ4n) is 2.61. The molecule has 0 aliphatic heterocycles. The predicted octanol–water partition coefficient (Wildman–Crippen LogP) is 3.06. The Labute approximate surface area is 169 Å². The van der Waals surface area contributed by atoms with Crippen molar-refractivity contribution in [1.29, 1.82) is 0 Å². The van der Waals surface area contributed by atoms with Gasteiger partial charge in [0.15, 0.2) is 5.13 Å². The topological polar surface area (TPSA) is 106 Å². The maximum atomic E-state index is 12.3. The van der Waals surface area contributed by atoms with Crippen molar-refractivity contribution >= 4 is 39.1 Å². The minimum Gasteiger partial charge on any atom is -0.771 e. The standard InChI is InChI=1S/C19H19N3O4S2/c1-13-17(18(24)20-12-28(25)26)21-19(27-13)22(11-14-6-3-2-4-7-14)15-8-5-9-16(23)10-15/h2-10,23H,11-12H2,1H3,(H,20,24)(H,25,26)/p-1. The molecule has 28 heavy (non-hydrogen) atoms. The molecule has 1 aromatic heterocycles. The van der Waals surface area contributed by atoms with Gasteiger partial charge in [-0.2, -0.15) is 0 Å². The Morgan fingerprint density at radius 1 is 1.25 bits per heavy atom. The number of benzene rings is 2. The van der Waals surface area contributed by atoms with Crippen LogP contribution in [-0.2, 0) is 17.6 Å². The van der Waals surface area contributed by atoms with E-state index in [4.69, 9.17) is 0 Å². The Kier molecular flexibility index (Phi) is 6.40. The van der Waals surface area contributed by atoms with Gasteiger partial charge in [-0.25, -0.2) is 4.98 Å². The van der Waals surface area contributed by atoms with E-state index in [1.807, 2.05) is 41.3 Å². The molecule has 2 aromatic carbocycles. The first-order valence-electron chi connectivity index (χ1n) is 8.36. The second-order valence-electron chi connectivity index (χ2n) is 5.95. The third-order valence-corrected chi connectivity index (χ3v) is 5.28. The van der Waals surface area contributed by atoms with E-state index in [1.54, 1.807) is 25.1 Å². The average Bonchev–Trinajstić information content (AvgIpc) is 3.06. The van der Waals surface area contributed by atoms with E-state index >= 15 is 0 Å². The van der Waals surface area contributed by atoms with Crippen molar-refractivity contribution < 1.29 is 18.7 Å². The molecule has 1 heterocycles. The number of amides is 1. The molecule has 3 rings (SSSR count). The van der Waals surface area contributed by atoms with Gasteiger partial charge in [0, 0.05) is 16.6 Å². The highest BCUT2D eigenvalue weighted by molar-refractivity contribution is 7.79. The van der Waals surface area contributed by atoms with Crippen LogP contribution in [0.2, 0.25) is 0 Å². The van der Waals surface area contributed by atoms with Crippen LogP contribution in [0.1, 0.15) is 20.9 Å². The number of phenols is 1. The van der Waals surface area contributed by atoms with Crippen LogP contribution in [0, 0.1) is 6.92 Å². The van der Waals surface area contributed by atoms with Crippen LogP contribution in [0.25, 0.3) is 0 Å².